The van der Waals surface area contributed by atoms with E-state index in [4.69, 9.17) is 32.4 Å². The highest BCUT2D eigenvalue weighted by Gasteiger charge is 2.24. The van der Waals surface area contributed by atoms with Gasteiger partial charge in [-0.1, -0.05) is 29.3 Å². The number of furan rings is 1. The van der Waals surface area contributed by atoms with E-state index in [1.54, 1.807) is 47.4 Å². The van der Waals surface area contributed by atoms with Crippen molar-refractivity contribution >= 4 is 35.1 Å². The molecule has 2 aromatic carbocycles. The van der Waals surface area contributed by atoms with Crippen molar-refractivity contribution < 1.29 is 23.5 Å². The maximum absolute atomic E-state index is 12.9. The maximum Gasteiger partial charge on any atom is 0.337 e. The molecule has 1 fully saturated rings. The second-order valence-corrected chi connectivity index (χ2v) is 8.72. The van der Waals surface area contributed by atoms with E-state index in [-0.39, 0.29) is 18.3 Å². The standard InChI is InChI=1S/C25H24Cl2N2O5/c1-32-25(31)17-3-6-20(7-4-17)33-16-21-8-9-23(34-21)24(30)29-12-10-28(11-13-29)15-18-2-5-19(26)14-22(18)27/h2-9,14H,10-13,15-16H2,1H3. The fourth-order valence-electron chi connectivity index (χ4n) is 3.69. The van der Waals surface area contributed by atoms with Crippen LogP contribution in [0.15, 0.2) is 59.0 Å². The van der Waals surface area contributed by atoms with Gasteiger partial charge in [-0.3, -0.25) is 9.69 Å². The fraction of sp³-hybridized carbons (Fsp3) is 0.280. The summed E-state index contributed by atoms with van der Waals surface area (Å²) >= 11 is 12.3. The molecule has 34 heavy (non-hydrogen) atoms. The van der Waals surface area contributed by atoms with Crippen LogP contribution >= 0.6 is 23.2 Å². The van der Waals surface area contributed by atoms with E-state index in [1.165, 1.54) is 7.11 Å². The number of rotatable bonds is 7. The van der Waals surface area contributed by atoms with Crippen LogP contribution < -0.4 is 4.74 Å². The number of hydrogen-bond donors (Lipinski definition) is 0. The number of benzene rings is 2. The van der Waals surface area contributed by atoms with Crippen molar-refractivity contribution in [1.82, 2.24) is 9.80 Å². The third-order valence-corrected chi connectivity index (χ3v) is 6.18. The molecule has 1 aliphatic rings. The molecule has 1 saturated heterocycles. The van der Waals surface area contributed by atoms with Crippen LogP contribution in [0, 0.1) is 0 Å². The lowest BCUT2D eigenvalue weighted by molar-refractivity contribution is 0.0590. The van der Waals surface area contributed by atoms with Gasteiger partial charge in [0.05, 0.1) is 12.7 Å². The number of hydrogen-bond acceptors (Lipinski definition) is 6. The van der Waals surface area contributed by atoms with Gasteiger partial charge >= 0.3 is 5.97 Å². The van der Waals surface area contributed by atoms with E-state index >= 15 is 0 Å². The molecule has 0 radical (unpaired) electrons. The minimum Gasteiger partial charge on any atom is -0.486 e. The predicted octanol–water partition coefficient (Wildman–Crippen LogP) is 4.91. The van der Waals surface area contributed by atoms with Crippen molar-refractivity contribution in [3.05, 3.63) is 87.3 Å². The van der Waals surface area contributed by atoms with Gasteiger partial charge in [0.1, 0.15) is 18.1 Å². The van der Waals surface area contributed by atoms with E-state index in [2.05, 4.69) is 9.64 Å². The Morgan fingerprint density at radius 1 is 0.971 bits per heavy atom. The molecule has 9 heteroatoms. The highest BCUT2D eigenvalue weighted by molar-refractivity contribution is 6.35. The zero-order valence-corrected chi connectivity index (χ0v) is 20.1. The van der Waals surface area contributed by atoms with Crippen LogP contribution in [-0.4, -0.2) is 55.0 Å². The van der Waals surface area contributed by atoms with Crippen LogP contribution in [-0.2, 0) is 17.9 Å². The molecule has 0 aliphatic carbocycles. The summed E-state index contributed by atoms with van der Waals surface area (Å²) in [7, 11) is 1.33. The van der Waals surface area contributed by atoms with Crippen LogP contribution in [0.5, 0.6) is 5.75 Å². The molecule has 1 aromatic heterocycles. The van der Waals surface area contributed by atoms with E-state index in [0.717, 1.165) is 18.7 Å². The van der Waals surface area contributed by atoms with Crippen molar-refractivity contribution in [1.29, 1.82) is 0 Å². The first-order valence-corrected chi connectivity index (χ1v) is 11.5. The van der Waals surface area contributed by atoms with Crippen molar-refractivity contribution in [3.63, 3.8) is 0 Å². The van der Waals surface area contributed by atoms with Gasteiger partial charge in [0.25, 0.3) is 5.91 Å². The van der Waals surface area contributed by atoms with E-state index < -0.39 is 5.97 Å². The van der Waals surface area contributed by atoms with E-state index in [0.29, 0.717) is 46.8 Å². The van der Waals surface area contributed by atoms with Crippen LogP contribution in [0.3, 0.4) is 0 Å². The zero-order chi connectivity index (χ0) is 24.1. The molecule has 178 valence electrons. The summed E-state index contributed by atoms with van der Waals surface area (Å²) in [6.07, 6.45) is 0. The summed E-state index contributed by atoms with van der Waals surface area (Å²) in [6, 6.07) is 15.5. The molecule has 2 heterocycles. The topological polar surface area (TPSA) is 72.2 Å². The fourth-order valence-corrected chi connectivity index (χ4v) is 4.15. The molecule has 1 amide bonds. The highest BCUT2D eigenvalue weighted by atomic mass is 35.5. The Hall–Kier alpha value is -3.00. The smallest absolute Gasteiger partial charge is 0.337 e. The average molecular weight is 503 g/mol. The number of piperazine rings is 1. The highest BCUT2D eigenvalue weighted by Crippen LogP contribution is 2.23. The van der Waals surface area contributed by atoms with Gasteiger partial charge < -0.3 is 18.8 Å². The van der Waals surface area contributed by atoms with Gasteiger partial charge in [0, 0.05) is 42.8 Å². The molecule has 3 aromatic rings. The molecule has 0 atom stereocenters. The van der Waals surface area contributed by atoms with Gasteiger partial charge in [0.15, 0.2) is 5.76 Å². The van der Waals surface area contributed by atoms with Crippen LogP contribution in [0.25, 0.3) is 0 Å². The Balaban J connectivity index is 1.27. The first-order valence-electron chi connectivity index (χ1n) is 10.8. The summed E-state index contributed by atoms with van der Waals surface area (Å²) in [4.78, 5) is 28.4. The number of carbonyl (C=O) groups excluding carboxylic acids is 2. The summed E-state index contributed by atoms with van der Waals surface area (Å²) in [5, 5.41) is 1.26. The molecule has 1 aliphatic heterocycles. The minimum absolute atomic E-state index is 0.141. The van der Waals surface area contributed by atoms with Crippen molar-refractivity contribution in [2.75, 3.05) is 33.3 Å². The number of nitrogens with zero attached hydrogens (tertiary/aromatic N) is 2. The van der Waals surface area contributed by atoms with Gasteiger partial charge in [-0.2, -0.15) is 0 Å². The number of halogens is 2. The average Bonchev–Trinajstić information content (AvgIpc) is 3.33. The van der Waals surface area contributed by atoms with Crippen molar-refractivity contribution in [3.8, 4) is 5.75 Å². The lowest BCUT2D eigenvalue weighted by Crippen LogP contribution is -2.48. The van der Waals surface area contributed by atoms with Crippen molar-refractivity contribution in [2.45, 2.75) is 13.2 Å². The molecular weight excluding hydrogens is 479 g/mol. The normalized spacial score (nSPS) is 14.1. The Morgan fingerprint density at radius 3 is 2.38 bits per heavy atom. The number of amides is 1. The summed E-state index contributed by atoms with van der Waals surface area (Å²) in [6.45, 7) is 3.56. The second kappa shape index (κ2) is 11.0. The zero-order valence-electron chi connectivity index (χ0n) is 18.6. The summed E-state index contributed by atoms with van der Waals surface area (Å²) in [5.41, 5.74) is 1.46. The molecule has 0 bridgehead atoms. The minimum atomic E-state index is -0.407. The summed E-state index contributed by atoms with van der Waals surface area (Å²) < 4.78 is 16.1. The Morgan fingerprint density at radius 2 is 1.71 bits per heavy atom. The first kappa shape index (κ1) is 24.1. The van der Waals surface area contributed by atoms with Crippen LogP contribution in [0.1, 0.15) is 32.2 Å². The SMILES string of the molecule is COC(=O)c1ccc(OCc2ccc(C(=O)N3CCN(Cc4ccc(Cl)cc4Cl)CC3)o2)cc1. The molecule has 0 N–H and O–H groups in total. The number of esters is 1. The van der Waals surface area contributed by atoms with E-state index in [9.17, 15) is 9.59 Å². The molecule has 4 rings (SSSR count). The number of ether oxygens (including phenoxy) is 2. The Bertz CT molecular complexity index is 1150. The lowest BCUT2D eigenvalue weighted by Gasteiger charge is -2.34. The monoisotopic (exact) mass is 502 g/mol. The quantitative estimate of drug-likeness (QED) is 0.427. The van der Waals surface area contributed by atoms with Crippen LogP contribution in [0.2, 0.25) is 10.0 Å². The third kappa shape index (κ3) is 5.91. The van der Waals surface area contributed by atoms with Gasteiger partial charge in [0.2, 0.25) is 0 Å². The van der Waals surface area contributed by atoms with Gasteiger partial charge in [-0.25, -0.2) is 4.79 Å². The largest absolute Gasteiger partial charge is 0.486 e. The Labute approximate surface area is 207 Å². The van der Waals surface area contributed by atoms with E-state index in [1.807, 2.05) is 12.1 Å². The third-order valence-electron chi connectivity index (χ3n) is 5.60. The molecule has 7 nitrogen and oxygen atoms in total. The van der Waals surface area contributed by atoms with Gasteiger partial charge in [-0.15, -0.1) is 0 Å². The van der Waals surface area contributed by atoms with Gasteiger partial charge in [-0.05, 0) is 54.1 Å². The number of carbonyl (C=O) groups is 2. The van der Waals surface area contributed by atoms with Crippen LogP contribution in [0.4, 0.5) is 0 Å². The lowest BCUT2D eigenvalue weighted by atomic mass is 10.2. The Kier molecular flexibility index (Phi) is 7.77. The van der Waals surface area contributed by atoms with Crippen molar-refractivity contribution in [2.24, 2.45) is 0 Å². The number of methoxy groups -OCH3 is 1. The first-order chi connectivity index (χ1) is 16.4. The molecule has 0 saturated carbocycles. The second-order valence-electron chi connectivity index (χ2n) is 7.87. The molecule has 0 spiro atoms. The predicted molar refractivity (Wildman–Crippen MR) is 128 cm³/mol. The summed E-state index contributed by atoms with van der Waals surface area (Å²) in [5.74, 6) is 0.854. The molecular formula is C25H24Cl2N2O5. The maximum atomic E-state index is 12.9. The molecule has 0 unspecified atom stereocenters.